The molecule has 0 atom stereocenters. The molecule has 3 aromatic rings. The summed E-state index contributed by atoms with van der Waals surface area (Å²) in [6.07, 6.45) is 2.86. The average molecular weight is 403 g/mol. The number of unbranched alkanes of at least 4 members (excludes halogenated alkanes) is 1. The Morgan fingerprint density at radius 1 is 1.17 bits per heavy atom. The monoisotopic (exact) mass is 401 g/mol. The maximum atomic E-state index is 9.20. The van der Waals surface area contributed by atoms with Gasteiger partial charge in [-0.2, -0.15) is 5.26 Å². The molecule has 3 nitrogen and oxygen atoms in total. The van der Waals surface area contributed by atoms with Gasteiger partial charge in [-0.1, -0.05) is 27.5 Å². The number of fused-ring (bicyclic) bond motifs is 1. The third kappa shape index (κ3) is 3.34. The number of nitrogens with zero attached hydrogens (tertiary/aromatic N) is 1. The van der Waals surface area contributed by atoms with Crippen LogP contribution in [0.4, 0.5) is 0 Å². The van der Waals surface area contributed by atoms with Crippen LogP contribution in [0.1, 0.15) is 24.0 Å². The highest BCUT2D eigenvalue weighted by Crippen LogP contribution is 2.37. The topological polar surface area (TPSA) is 65.6 Å². The number of aromatic amines is 1. The summed E-state index contributed by atoms with van der Waals surface area (Å²) < 4.78 is 0.978. The smallest absolute Gasteiger partial charge is 0.0991 e. The first-order valence-electron chi connectivity index (χ1n) is 7.84. The van der Waals surface area contributed by atoms with E-state index >= 15 is 0 Å². The van der Waals surface area contributed by atoms with Gasteiger partial charge in [0, 0.05) is 26.0 Å². The van der Waals surface area contributed by atoms with Gasteiger partial charge in [0.1, 0.15) is 0 Å². The molecule has 1 heterocycles. The Kier molecular flexibility index (Phi) is 5.25. The largest absolute Gasteiger partial charge is 0.354 e. The minimum absolute atomic E-state index is 0.661. The summed E-state index contributed by atoms with van der Waals surface area (Å²) in [5.74, 6) is 0. The summed E-state index contributed by atoms with van der Waals surface area (Å²) in [7, 11) is 0. The highest BCUT2D eigenvalue weighted by molar-refractivity contribution is 9.10. The number of hydrogen-bond donors (Lipinski definition) is 2. The molecule has 0 aliphatic carbocycles. The van der Waals surface area contributed by atoms with Gasteiger partial charge >= 0.3 is 0 Å². The van der Waals surface area contributed by atoms with Crippen LogP contribution in [-0.4, -0.2) is 11.5 Å². The van der Waals surface area contributed by atoms with Gasteiger partial charge in [0.25, 0.3) is 0 Å². The van der Waals surface area contributed by atoms with Crippen LogP contribution in [0.5, 0.6) is 0 Å². The summed E-state index contributed by atoms with van der Waals surface area (Å²) in [4.78, 5) is 3.48. The molecule has 5 heteroatoms. The zero-order chi connectivity index (χ0) is 17.1. The second-order valence-electron chi connectivity index (χ2n) is 5.72. The SMILES string of the molecule is N#Cc1ccc2[nH]c(-c3cc(Br)ccc3Cl)c(CCCCN)c2c1. The fraction of sp³-hybridized carbons (Fsp3) is 0.211. The van der Waals surface area contributed by atoms with Crippen molar-refractivity contribution in [3.05, 3.63) is 57.0 Å². The fourth-order valence-electron chi connectivity index (χ4n) is 2.94. The van der Waals surface area contributed by atoms with Gasteiger partial charge in [-0.25, -0.2) is 0 Å². The van der Waals surface area contributed by atoms with Crippen LogP contribution in [0.2, 0.25) is 5.02 Å². The van der Waals surface area contributed by atoms with Gasteiger partial charge in [0.15, 0.2) is 0 Å². The molecule has 0 aliphatic rings. The quantitative estimate of drug-likeness (QED) is 0.561. The Hall–Kier alpha value is -1.80. The summed E-state index contributed by atoms with van der Waals surface area (Å²) in [5.41, 5.74) is 10.5. The number of hydrogen-bond acceptors (Lipinski definition) is 2. The maximum absolute atomic E-state index is 9.20. The minimum atomic E-state index is 0.661. The second-order valence-corrected chi connectivity index (χ2v) is 7.04. The van der Waals surface area contributed by atoms with E-state index in [0.29, 0.717) is 17.1 Å². The van der Waals surface area contributed by atoms with E-state index in [2.05, 4.69) is 27.0 Å². The number of aromatic nitrogens is 1. The lowest BCUT2D eigenvalue weighted by Crippen LogP contribution is -1.99. The lowest BCUT2D eigenvalue weighted by Gasteiger charge is -2.08. The minimum Gasteiger partial charge on any atom is -0.354 e. The zero-order valence-corrected chi connectivity index (χ0v) is 15.4. The molecule has 0 amide bonds. The Bertz CT molecular complexity index is 924. The van der Waals surface area contributed by atoms with Crippen molar-refractivity contribution < 1.29 is 0 Å². The van der Waals surface area contributed by atoms with E-state index < -0.39 is 0 Å². The molecule has 0 spiro atoms. The van der Waals surface area contributed by atoms with Crippen LogP contribution in [0.3, 0.4) is 0 Å². The molecule has 0 saturated carbocycles. The summed E-state index contributed by atoms with van der Waals surface area (Å²) in [6.45, 7) is 0.679. The molecule has 0 saturated heterocycles. The Labute approximate surface area is 154 Å². The van der Waals surface area contributed by atoms with Crippen molar-refractivity contribution in [2.24, 2.45) is 5.73 Å². The van der Waals surface area contributed by atoms with Crippen molar-refractivity contribution in [1.82, 2.24) is 4.98 Å². The van der Waals surface area contributed by atoms with Crippen molar-refractivity contribution in [3.63, 3.8) is 0 Å². The van der Waals surface area contributed by atoms with E-state index in [-0.39, 0.29) is 0 Å². The molecular formula is C19H17BrClN3. The van der Waals surface area contributed by atoms with E-state index in [4.69, 9.17) is 17.3 Å². The van der Waals surface area contributed by atoms with E-state index in [1.165, 1.54) is 5.56 Å². The van der Waals surface area contributed by atoms with E-state index in [1.807, 2.05) is 36.4 Å². The highest BCUT2D eigenvalue weighted by atomic mass is 79.9. The van der Waals surface area contributed by atoms with Crippen LogP contribution < -0.4 is 5.73 Å². The van der Waals surface area contributed by atoms with Crippen LogP contribution in [0.15, 0.2) is 40.9 Å². The fourth-order valence-corrected chi connectivity index (χ4v) is 3.52. The number of nitrogens with one attached hydrogen (secondary N) is 1. The lowest BCUT2D eigenvalue weighted by molar-refractivity contribution is 0.748. The molecule has 3 rings (SSSR count). The Balaban J connectivity index is 2.20. The summed E-state index contributed by atoms with van der Waals surface area (Å²) in [6, 6.07) is 13.8. The molecule has 24 heavy (non-hydrogen) atoms. The Morgan fingerprint density at radius 2 is 2.00 bits per heavy atom. The lowest BCUT2D eigenvalue weighted by atomic mass is 9.99. The number of halogens is 2. The third-order valence-electron chi connectivity index (χ3n) is 4.11. The summed E-state index contributed by atoms with van der Waals surface area (Å²) >= 11 is 9.95. The number of benzene rings is 2. The maximum Gasteiger partial charge on any atom is 0.0991 e. The predicted molar refractivity (Wildman–Crippen MR) is 103 cm³/mol. The zero-order valence-electron chi connectivity index (χ0n) is 13.1. The molecule has 3 N–H and O–H groups in total. The average Bonchev–Trinajstić information content (AvgIpc) is 2.95. The van der Waals surface area contributed by atoms with Crippen LogP contribution in [0, 0.1) is 11.3 Å². The first-order valence-corrected chi connectivity index (χ1v) is 9.01. The first-order chi connectivity index (χ1) is 11.6. The Morgan fingerprint density at radius 3 is 2.75 bits per heavy atom. The normalized spacial score (nSPS) is 10.9. The molecule has 0 radical (unpaired) electrons. The first kappa shape index (κ1) is 17.0. The van der Waals surface area contributed by atoms with E-state index in [9.17, 15) is 5.26 Å². The van der Waals surface area contributed by atoms with Crippen LogP contribution >= 0.6 is 27.5 Å². The van der Waals surface area contributed by atoms with Gasteiger partial charge in [-0.3, -0.25) is 0 Å². The van der Waals surface area contributed by atoms with Gasteiger partial charge in [0.05, 0.1) is 17.3 Å². The third-order valence-corrected chi connectivity index (χ3v) is 4.94. The molecule has 0 aliphatic heterocycles. The second kappa shape index (κ2) is 7.40. The standard InChI is InChI=1S/C19H17BrClN3/c20-13-5-6-17(21)16(10-13)19-14(3-1-2-8-22)15-9-12(11-23)4-7-18(15)24-19/h4-7,9-10,24H,1-3,8,22H2. The summed E-state index contributed by atoms with van der Waals surface area (Å²) in [5, 5.41) is 11.0. The number of nitriles is 1. The molecule has 122 valence electrons. The van der Waals surface area contributed by atoms with Crippen molar-refractivity contribution >= 4 is 38.4 Å². The van der Waals surface area contributed by atoms with Gasteiger partial charge in [-0.15, -0.1) is 0 Å². The molecule has 0 unspecified atom stereocenters. The molecule has 0 fully saturated rings. The number of nitrogens with two attached hydrogens (primary N) is 1. The molecule has 1 aromatic heterocycles. The molecule has 0 bridgehead atoms. The van der Waals surface area contributed by atoms with E-state index in [1.54, 1.807) is 0 Å². The number of aryl methyl sites for hydroxylation is 1. The van der Waals surface area contributed by atoms with Crippen molar-refractivity contribution in [3.8, 4) is 17.3 Å². The van der Waals surface area contributed by atoms with Gasteiger partial charge in [0.2, 0.25) is 0 Å². The van der Waals surface area contributed by atoms with Crippen LogP contribution in [0.25, 0.3) is 22.2 Å². The predicted octanol–water partition coefficient (Wildman–Crippen LogP) is 5.40. The number of H-pyrrole nitrogens is 1. The van der Waals surface area contributed by atoms with Crippen LogP contribution in [-0.2, 0) is 6.42 Å². The number of rotatable bonds is 5. The van der Waals surface area contributed by atoms with Crippen molar-refractivity contribution in [2.45, 2.75) is 19.3 Å². The van der Waals surface area contributed by atoms with Crippen molar-refractivity contribution in [2.75, 3.05) is 6.54 Å². The van der Waals surface area contributed by atoms with Gasteiger partial charge in [-0.05, 0) is 67.8 Å². The van der Waals surface area contributed by atoms with Gasteiger partial charge < -0.3 is 10.7 Å². The van der Waals surface area contributed by atoms with E-state index in [0.717, 1.165) is 45.9 Å². The molecule has 2 aromatic carbocycles. The highest BCUT2D eigenvalue weighted by Gasteiger charge is 2.16. The van der Waals surface area contributed by atoms with Crippen molar-refractivity contribution in [1.29, 1.82) is 5.26 Å². The molecular weight excluding hydrogens is 386 g/mol.